The van der Waals surface area contributed by atoms with Gasteiger partial charge in [0.1, 0.15) is 0 Å². The predicted molar refractivity (Wildman–Crippen MR) is 72.6 cm³/mol. The number of carboxylic acid groups (broad SMARTS) is 1. The van der Waals surface area contributed by atoms with E-state index >= 15 is 0 Å². The van der Waals surface area contributed by atoms with E-state index in [4.69, 9.17) is 28.9 Å². The van der Waals surface area contributed by atoms with Gasteiger partial charge in [-0.25, -0.2) is 0 Å². The predicted octanol–water partition coefficient (Wildman–Crippen LogP) is 2.62. The number of carboxylic acids is 1. The van der Waals surface area contributed by atoms with Crippen molar-refractivity contribution in [2.45, 2.75) is 12.8 Å². The van der Waals surface area contributed by atoms with Crippen LogP contribution < -0.4 is 5.73 Å². The Hall–Kier alpha value is -1.10. The molecule has 1 aliphatic carbocycles. The zero-order chi connectivity index (χ0) is 14.2. The quantitative estimate of drug-likeness (QED) is 0.819. The third-order valence-corrected chi connectivity index (χ3v) is 4.35. The number of rotatable bonds is 5. The molecule has 1 aliphatic rings. The van der Waals surface area contributed by atoms with E-state index in [1.807, 2.05) is 0 Å². The summed E-state index contributed by atoms with van der Waals surface area (Å²) in [6.07, 6.45) is 0.638. The third-order valence-electron chi connectivity index (χ3n) is 3.61. The molecule has 1 aromatic carbocycles. The summed E-state index contributed by atoms with van der Waals surface area (Å²) < 4.78 is 0. The largest absolute Gasteiger partial charge is 0.481 e. The average Bonchev–Trinajstić information content (AvgIpc) is 3.08. The number of benzene rings is 1. The van der Waals surface area contributed by atoms with Crippen LogP contribution in [0.1, 0.15) is 23.2 Å². The Bertz CT molecular complexity index is 547. The molecule has 19 heavy (non-hydrogen) atoms. The third kappa shape index (κ3) is 2.48. The van der Waals surface area contributed by atoms with Crippen LogP contribution >= 0.6 is 23.2 Å². The topological polar surface area (TPSA) is 80.4 Å². The zero-order valence-corrected chi connectivity index (χ0v) is 11.5. The Balaban J connectivity index is 2.22. The summed E-state index contributed by atoms with van der Waals surface area (Å²) in [4.78, 5) is 23.5. The lowest BCUT2D eigenvalue weighted by molar-refractivity contribution is -0.144. The lowest BCUT2D eigenvalue weighted by Crippen LogP contribution is -2.24. The Kier molecular flexibility index (Phi) is 3.85. The highest BCUT2D eigenvalue weighted by molar-refractivity contribution is 6.42. The lowest BCUT2D eigenvalue weighted by atomic mass is 9.95. The molecule has 0 bridgehead atoms. The number of ketones is 1. The summed E-state index contributed by atoms with van der Waals surface area (Å²) in [5.74, 6) is -1.70. The minimum absolute atomic E-state index is 0.214. The van der Waals surface area contributed by atoms with Gasteiger partial charge in [0.15, 0.2) is 5.78 Å². The second-order valence-corrected chi connectivity index (χ2v) is 5.56. The van der Waals surface area contributed by atoms with E-state index in [1.54, 1.807) is 6.07 Å². The molecule has 0 radical (unpaired) electrons. The van der Waals surface area contributed by atoms with Gasteiger partial charge in [0.2, 0.25) is 0 Å². The fourth-order valence-corrected chi connectivity index (χ4v) is 2.67. The molecule has 1 saturated carbocycles. The van der Waals surface area contributed by atoms with E-state index in [0.29, 0.717) is 23.4 Å². The Morgan fingerprint density at radius 3 is 2.58 bits per heavy atom. The van der Waals surface area contributed by atoms with Crippen LogP contribution in [0.4, 0.5) is 0 Å². The maximum atomic E-state index is 12.3. The van der Waals surface area contributed by atoms with Crippen LogP contribution in [-0.2, 0) is 4.79 Å². The van der Waals surface area contributed by atoms with E-state index in [2.05, 4.69) is 0 Å². The van der Waals surface area contributed by atoms with E-state index in [-0.39, 0.29) is 17.4 Å². The molecule has 2 atom stereocenters. The van der Waals surface area contributed by atoms with Crippen LogP contribution in [0.5, 0.6) is 0 Å². The van der Waals surface area contributed by atoms with Crippen LogP contribution in [0.3, 0.4) is 0 Å². The summed E-state index contributed by atoms with van der Waals surface area (Å²) in [7, 11) is 0. The van der Waals surface area contributed by atoms with Gasteiger partial charge in [0, 0.05) is 11.5 Å². The van der Waals surface area contributed by atoms with Crippen molar-refractivity contribution in [3.05, 3.63) is 33.8 Å². The van der Waals surface area contributed by atoms with Gasteiger partial charge in [-0.1, -0.05) is 23.2 Å². The first-order valence-corrected chi connectivity index (χ1v) is 6.60. The number of Topliss-reactive ketones (excluding diaryl/α,β-unsaturated/α-hetero) is 1. The normalized spacial score (nSPS) is 25.1. The van der Waals surface area contributed by atoms with Crippen LogP contribution in [0.2, 0.25) is 10.0 Å². The van der Waals surface area contributed by atoms with Crippen LogP contribution in [0, 0.1) is 11.3 Å². The maximum absolute atomic E-state index is 12.3. The molecule has 0 aromatic heterocycles. The van der Waals surface area contributed by atoms with Gasteiger partial charge in [-0.05, 0) is 37.6 Å². The highest BCUT2D eigenvalue weighted by Crippen LogP contribution is 2.56. The van der Waals surface area contributed by atoms with Gasteiger partial charge >= 0.3 is 5.97 Å². The van der Waals surface area contributed by atoms with Crippen molar-refractivity contribution in [2.75, 3.05) is 6.54 Å². The van der Waals surface area contributed by atoms with Crippen LogP contribution in [0.15, 0.2) is 18.2 Å². The minimum Gasteiger partial charge on any atom is -0.481 e. The van der Waals surface area contributed by atoms with Gasteiger partial charge < -0.3 is 10.8 Å². The van der Waals surface area contributed by atoms with E-state index in [1.165, 1.54) is 12.1 Å². The fraction of sp³-hybridized carbons (Fsp3) is 0.385. The summed E-state index contributed by atoms with van der Waals surface area (Å²) in [6.45, 7) is 0.247. The second-order valence-electron chi connectivity index (χ2n) is 4.75. The van der Waals surface area contributed by atoms with Gasteiger partial charge in [-0.2, -0.15) is 0 Å². The number of hydrogen-bond donors (Lipinski definition) is 2. The number of aliphatic carboxylic acids is 1. The lowest BCUT2D eigenvalue weighted by Gasteiger charge is -2.10. The molecule has 3 N–H and O–H groups in total. The van der Waals surface area contributed by atoms with Crippen molar-refractivity contribution < 1.29 is 14.7 Å². The van der Waals surface area contributed by atoms with Crippen molar-refractivity contribution in [3.8, 4) is 0 Å². The van der Waals surface area contributed by atoms with Gasteiger partial charge in [0.25, 0.3) is 0 Å². The highest BCUT2D eigenvalue weighted by Gasteiger charge is 2.62. The molecule has 2 rings (SSSR count). The fourth-order valence-electron chi connectivity index (χ4n) is 2.38. The first-order chi connectivity index (χ1) is 8.92. The first kappa shape index (κ1) is 14.3. The molecule has 0 aliphatic heterocycles. The molecule has 0 heterocycles. The molecule has 6 heteroatoms. The van der Waals surface area contributed by atoms with Gasteiger partial charge in [-0.15, -0.1) is 0 Å². The smallest absolute Gasteiger partial charge is 0.310 e. The highest BCUT2D eigenvalue weighted by atomic mass is 35.5. The van der Waals surface area contributed by atoms with Crippen molar-refractivity contribution in [1.82, 2.24) is 0 Å². The molecular weight excluding hydrogens is 289 g/mol. The molecule has 0 saturated heterocycles. The molecule has 0 spiro atoms. The van der Waals surface area contributed by atoms with Crippen LogP contribution in [-0.4, -0.2) is 23.4 Å². The molecule has 102 valence electrons. The van der Waals surface area contributed by atoms with Crippen molar-refractivity contribution in [1.29, 1.82) is 0 Å². The SMILES string of the molecule is NCCC1(C(=O)O)CC1C(=O)c1ccc(Cl)c(Cl)c1. The number of hydrogen-bond acceptors (Lipinski definition) is 3. The second kappa shape index (κ2) is 5.12. The molecule has 0 amide bonds. The maximum Gasteiger partial charge on any atom is 0.310 e. The Morgan fingerprint density at radius 2 is 2.05 bits per heavy atom. The van der Waals surface area contributed by atoms with Gasteiger partial charge in [-0.3, -0.25) is 9.59 Å². The van der Waals surface area contributed by atoms with Crippen LogP contribution in [0.25, 0.3) is 0 Å². The summed E-state index contributed by atoms with van der Waals surface area (Å²) in [6, 6.07) is 4.56. The van der Waals surface area contributed by atoms with E-state index in [0.717, 1.165) is 0 Å². The molecule has 2 unspecified atom stereocenters. The van der Waals surface area contributed by atoms with E-state index in [9.17, 15) is 14.7 Å². The molecule has 1 aromatic rings. The molecular formula is C13H13Cl2NO3. The van der Waals surface area contributed by atoms with Crippen molar-refractivity contribution in [3.63, 3.8) is 0 Å². The number of nitrogens with two attached hydrogens (primary N) is 1. The van der Waals surface area contributed by atoms with E-state index < -0.39 is 17.3 Å². The van der Waals surface area contributed by atoms with Gasteiger partial charge in [0.05, 0.1) is 15.5 Å². The standard InChI is InChI=1S/C13H13Cl2NO3/c14-9-2-1-7(5-10(9)15)11(17)8-6-13(8,3-4-16)12(18)19/h1-2,5,8H,3-4,6,16H2,(H,18,19). The monoisotopic (exact) mass is 301 g/mol. The summed E-state index contributed by atoms with van der Waals surface area (Å²) >= 11 is 11.6. The minimum atomic E-state index is -1.00. The number of carbonyl (C=O) groups is 2. The summed E-state index contributed by atoms with van der Waals surface area (Å²) in [5.41, 5.74) is 4.81. The van der Waals surface area contributed by atoms with Crippen molar-refractivity contribution >= 4 is 35.0 Å². The number of halogens is 2. The molecule has 4 nitrogen and oxygen atoms in total. The average molecular weight is 302 g/mol. The number of carbonyl (C=O) groups excluding carboxylic acids is 1. The van der Waals surface area contributed by atoms with Crippen molar-refractivity contribution in [2.24, 2.45) is 17.1 Å². The Labute approximate surface area is 120 Å². The zero-order valence-electron chi connectivity index (χ0n) is 10.0. The first-order valence-electron chi connectivity index (χ1n) is 5.85. The Morgan fingerprint density at radius 1 is 1.37 bits per heavy atom. The summed E-state index contributed by atoms with van der Waals surface area (Å²) in [5, 5.41) is 9.89. The molecule has 1 fully saturated rings.